The Kier molecular flexibility index (Phi) is 39.8. The third-order valence-electron chi connectivity index (χ3n) is 10.3. The van der Waals surface area contributed by atoms with Crippen molar-refractivity contribution in [1.29, 1.82) is 0 Å². The second kappa shape index (κ2) is 40.6. The summed E-state index contributed by atoms with van der Waals surface area (Å²) in [5.41, 5.74) is 0. The molecule has 0 aliphatic heterocycles. The van der Waals surface area contributed by atoms with Crippen LogP contribution in [-0.4, -0.2) is 34.9 Å². The van der Waals surface area contributed by atoms with Crippen LogP contribution in [-0.2, 0) is 4.79 Å². The van der Waals surface area contributed by atoms with Gasteiger partial charge in [-0.3, -0.25) is 4.79 Å². The zero-order valence-corrected chi connectivity index (χ0v) is 32.8. The molecule has 0 fully saturated rings. The molecular formula is C44H87NO3. The summed E-state index contributed by atoms with van der Waals surface area (Å²) < 4.78 is 0. The lowest BCUT2D eigenvalue weighted by molar-refractivity contribution is -0.123. The van der Waals surface area contributed by atoms with Crippen LogP contribution in [0.25, 0.3) is 0 Å². The van der Waals surface area contributed by atoms with Crippen LogP contribution in [0.4, 0.5) is 0 Å². The van der Waals surface area contributed by atoms with Crippen molar-refractivity contribution >= 4 is 5.91 Å². The normalized spacial score (nSPS) is 13.0. The smallest absolute Gasteiger partial charge is 0.220 e. The molecule has 2 atom stereocenters. The van der Waals surface area contributed by atoms with Crippen molar-refractivity contribution in [2.24, 2.45) is 0 Å². The average molecular weight is 678 g/mol. The van der Waals surface area contributed by atoms with Gasteiger partial charge in [0.15, 0.2) is 0 Å². The molecule has 0 aromatic carbocycles. The molecule has 286 valence electrons. The van der Waals surface area contributed by atoms with E-state index < -0.39 is 12.1 Å². The molecule has 0 heterocycles. The molecule has 48 heavy (non-hydrogen) atoms. The van der Waals surface area contributed by atoms with E-state index in [0.717, 1.165) is 38.5 Å². The van der Waals surface area contributed by atoms with Crippen molar-refractivity contribution in [2.75, 3.05) is 6.61 Å². The van der Waals surface area contributed by atoms with Gasteiger partial charge in [0, 0.05) is 6.42 Å². The maximum Gasteiger partial charge on any atom is 0.220 e. The van der Waals surface area contributed by atoms with Gasteiger partial charge in [-0.25, -0.2) is 0 Å². The van der Waals surface area contributed by atoms with E-state index in [1.54, 1.807) is 6.08 Å². The predicted molar refractivity (Wildman–Crippen MR) is 212 cm³/mol. The second-order valence-electron chi connectivity index (χ2n) is 15.1. The lowest BCUT2D eigenvalue weighted by Crippen LogP contribution is -2.45. The molecule has 0 spiro atoms. The Morgan fingerprint density at radius 2 is 0.771 bits per heavy atom. The quantitative estimate of drug-likeness (QED) is 0.0446. The Labute approximate surface area is 301 Å². The molecule has 0 radical (unpaired) electrons. The highest BCUT2D eigenvalue weighted by molar-refractivity contribution is 5.76. The number of carbonyl (C=O) groups excluding carboxylic acids is 1. The number of allylic oxidation sites excluding steroid dienone is 1. The zero-order chi connectivity index (χ0) is 35.0. The Bertz CT molecular complexity index is 651. The molecule has 1 amide bonds. The molecule has 4 heteroatoms. The van der Waals surface area contributed by atoms with E-state index in [1.165, 1.54) is 186 Å². The van der Waals surface area contributed by atoms with E-state index in [9.17, 15) is 15.0 Å². The minimum Gasteiger partial charge on any atom is -0.394 e. The monoisotopic (exact) mass is 678 g/mol. The largest absolute Gasteiger partial charge is 0.394 e. The number of hydrogen-bond acceptors (Lipinski definition) is 3. The Balaban J connectivity index is 3.31. The summed E-state index contributed by atoms with van der Waals surface area (Å²) in [5.74, 6) is -0.0800. The number of rotatable bonds is 40. The number of nitrogens with one attached hydrogen (secondary N) is 1. The SMILES string of the molecule is CCCCCCCCCCCCCCCCCCCCCCCCCCCCCCCC/C=C/C(O)C(CO)NC(=O)CCCCCC. The average Bonchev–Trinajstić information content (AvgIpc) is 3.09. The Morgan fingerprint density at radius 1 is 0.479 bits per heavy atom. The molecule has 4 nitrogen and oxygen atoms in total. The summed E-state index contributed by atoms with van der Waals surface area (Å²) in [5, 5.41) is 22.7. The van der Waals surface area contributed by atoms with E-state index in [4.69, 9.17) is 0 Å². The Morgan fingerprint density at radius 3 is 1.08 bits per heavy atom. The molecule has 0 aromatic heterocycles. The van der Waals surface area contributed by atoms with Crippen LogP contribution < -0.4 is 5.32 Å². The van der Waals surface area contributed by atoms with E-state index in [0.29, 0.717) is 6.42 Å². The highest BCUT2D eigenvalue weighted by Gasteiger charge is 2.17. The highest BCUT2D eigenvalue weighted by Crippen LogP contribution is 2.17. The lowest BCUT2D eigenvalue weighted by atomic mass is 10.0. The molecule has 0 saturated heterocycles. The van der Waals surface area contributed by atoms with E-state index >= 15 is 0 Å². The van der Waals surface area contributed by atoms with Crippen molar-refractivity contribution in [3.8, 4) is 0 Å². The van der Waals surface area contributed by atoms with Crippen LogP contribution in [0.1, 0.15) is 245 Å². The number of amides is 1. The van der Waals surface area contributed by atoms with Crippen LogP contribution in [0, 0.1) is 0 Å². The fourth-order valence-corrected chi connectivity index (χ4v) is 6.89. The van der Waals surface area contributed by atoms with Crippen molar-refractivity contribution in [3.05, 3.63) is 12.2 Å². The first kappa shape index (κ1) is 47.1. The van der Waals surface area contributed by atoms with Crippen LogP contribution in [0.3, 0.4) is 0 Å². The third kappa shape index (κ3) is 36.4. The van der Waals surface area contributed by atoms with Gasteiger partial charge in [0.05, 0.1) is 18.8 Å². The number of aliphatic hydroxyl groups is 2. The second-order valence-corrected chi connectivity index (χ2v) is 15.1. The lowest BCUT2D eigenvalue weighted by Gasteiger charge is -2.19. The molecule has 0 saturated carbocycles. The first-order valence-electron chi connectivity index (χ1n) is 21.9. The fourth-order valence-electron chi connectivity index (χ4n) is 6.89. The van der Waals surface area contributed by atoms with Gasteiger partial charge in [-0.05, 0) is 19.3 Å². The van der Waals surface area contributed by atoms with Crippen molar-refractivity contribution in [3.63, 3.8) is 0 Å². The van der Waals surface area contributed by atoms with Gasteiger partial charge >= 0.3 is 0 Å². The predicted octanol–water partition coefficient (Wildman–Crippen LogP) is 13.5. The molecule has 0 rings (SSSR count). The number of carbonyl (C=O) groups is 1. The van der Waals surface area contributed by atoms with Gasteiger partial charge in [-0.15, -0.1) is 0 Å². The molecule has 0 aliphatic rings. The van der Waals surface area contributed by atoms with Gasteiger partial charge < -0.3 is 15.5 Å². The van der Waals surface area contributed by atoms with E-state index in [-0.39, 0.29) is 12.5 Å². The Hall–Kier alpha value is -0.870. The zero-order valence-electron chi connectivity index (χ0n) is 32.8. The standard InChI is InChI=1S/C44H87NO3/c1-3-5-7-9-10-11-12-13-14-15-16-17-18-19-20-21-22-23-24-25-26-27-28-29-30-31-32-33-34-35-36-37-39-43(47)42(41-46)45-44(48)40-38-8-6-4-2/h37,39,42-43,46-47H,3-36,38,40-41H2,1-2H3,(H,45,48)/b39-37+. The van der Waals surface area contributed by atoms with Gasteiger partial charge in [0.1, 0.15) is 0 Å². The van der Waals surface area contributed by atoms with Gasteiger partial charge in [0.25, 0.3) is 0 Å². The summed E-state index contributed by atoms with van der Waals surface area (Å²) in [6, 6.07) is -0.613. The van der Waals surface area contributed by atoms with Crippen molar-refractivity contribution < 1.29 is 15.0 Å². The maximum absolute atomic E-state index is 12.0. The maximum atomic E-state index is 12.0. The molecule has 0 aromatic rings. The fraction of sp³-hybridized carbons (Fsp3) is 0.932. The number of unbranched alkanes of at least 4 members (excludes halogenated alkanes) is 33. The van der Waals surface area contributed by atoms with Crippen LogP contribution in [0.15, 0.2) is 12.2 Å². The van der Waals surface area contributed by atoms with Gasteiger partial charge in [-0.2, -0.15) is 0 Å². The van der Waals surface area contributed by atoms with Gasteiger partial charge in [-0.1, -0.05) is 231 Å². The summed E-state index contributed by atoms with van der Waals surface area (Å²) in [6.07, 6.45) is 51.1. The first-order valence-corrected chi connectivity index (χ1v) is 21.9. The minimum atomic E-state index is -0.830. The molecular weight excluding hydrogens is 590 g/mol. The molecule has 0 bridgehead atoms. The first-order chi connectivity index (χ1) is 23.7. The number of hydrogen-bond donors (Lipinski definition) is 3. The third-order valence-corrected chi connectivity index (χ3v) is 10.3. The van der Waals surface area contributed by atoms with E-state index in [2.05, 4.69) is 19.2 Å². The van der Waals surface area contributed by atoms with Crippen LogP contribution in [0.5, 0.6) is 0 Å². The van der Waals surface area contributed by atoms with Crippen molar-refractivity contribution in [1.82, 2.24) is 5.32 Å². The van der Waals surface area contributed by atoms with Crippen LogP contribution >= 0.6 is 0 Å². The minimum absolute atomic E-state index is 0.0800. The van der Waals surface area contributed by atoms with E-state index in [1.807, 2.05) is 6.08 Å². The molecule has 0 aliphatic carbocycles. The summed E-state index contributed by atoms with van der Waals surface area (Å²) in [6.45, 7) is 4.21. The van der Waals surface area contributed by atoms with Gasteiger partial charge in [0.2, 0.25) is 5.91 Å². The highest BCUT2D eigenvalue weighted by atomic mass is 16.3. The van der Waals surface area contributed by atoms with Crippen LogP contribution in [0.2, 0.25) is 0 Å². The number of aliphatic hydroxyl groups excluding tert-OH is 2. The summed E-state index contributed by atoms with van der Waals surface area (Å²) in [7, 11) is 0. The molecule has 3 N–H and O–H groups in total. The summed E-state index contributed by atoms with van der Waals surface area (Å²) in [4.78, 5) is 12.0. The topological polar surface area (TPSA) is 69.6 Å². The van der Waals surface area contributed by atoms with Crippen molar-refractivity contribution in [2.45, 2.75) is 257 Å². The summed E-state index contributed by atoms with van der Waals surface area (Å²) >= 11 is 0. The molecule has 2 unspecified atom stereocenters.